The van der Waals surface area contributed by atoms with Gasteiger partial charge in [-0.1, -0.05) is 12.1 Å². The van der Waals surface area contributed by atoms with Crippen LogP contribution < -0.4 is 0 Å². The summed E-state index contributed by atoms with van der Waals surface area (Å²) in [6, 6.07) is 17.4. The van der Waals surface area contributed by atoms with E-state index in [1.165, 1.54) is 0 Å². The number of pyridine rings is 2. The predicted octanol–water partition coefficient (Wildman–Crippen LogP) is 3.11. The van der Waals surface area contributed by atoms with Gasteiger partial charge in [0.2, 0.25) is 0 Å². The third-order valence-corrected chi connectivity index (χ3v) is 2.69. The summed E-state index contributed by atoms with van der Waals surface area (Å²) in [6.45, 7) is 2.03. The molecular formula is C16H11N3. The van der Waals surface area contributed by atoms with Crippen LogP contribution in [0.2, 0.25) is 0 Å². The highest BCUT2D eigenvalue weighted by atomic mass is 14.8. The highest BCUT2D eigenvalue weighted by Gasteiger charge is 2.06. The van der Waals surface area contributed by atoms with Crippen molar-refractivity contribution in [1.29, 1.82) is 0 Å². The summed E-state index contributed by atoms with van der Waals surface area (Å²) in [5.74, 6) is 0. The van der Waals surface area contributed by atoms with E-state index >= 15 is 0 Å². The molecule has 0 amide bonds. The van der Waals surface area contributed by atoms with Crippen LogP contribution in [0.4, 0.5) is 0 Å². The van der Waals surface area contributed by atoms with Crippen LogP contribution in [0.15, 0.2) is 48.8 Å². The van der Waals surface area contributed by atoms with Crippen molar-refractivity contribution in [1.82, 2.24) is 15.0 Å². The predicted molar refractivity (Wildman–Crippen MR) is 73.1 cm³/mol. The number of hydrogen-bond donors (Lipinski definition) is 0. The first-order valence-corrected chi connectivity index (χ1v) is 5.98. The van der Waals surface area contributed by atoms with Crippen LogP contribution in [0.1, 0.15) is 5.56 Å². The average molecular weight is 245 g/mol. The Morgan fingerprint density at radius 1 is 0.947 bits per heavy atom. The first-order valence-electron chi connectivity index (χ1n) is 5.98. The molecule has 3 aromatic rings. The van der Waals surface area contributed by atoms with E-state index in [1.54, 1.807) is 18.5 Å². The summed E-state index contributed by atoms with van der Waals surface area (Å²) in [4.78, 5) is 13.2. The lowest BCUT2D eigenvalue weighted by atomic mass is 10.1. The maximum atomic E-state index is 4.60. The van der Waals surface area contributed by atoms with Crippen molar-refractivity contribution < 1.29 is 0 Å². The van der Waals surface area contributed by atoms with Crippen molar-refractivity contribution in [3.8, 4) is 22.8 Å². The zero-order valence-corrected chi connectivity index (χ0v) is 10.5. The zero-order chi connectivity index (χ0) is 13.1. The van der Waals surface area contributed by atoms with Crippen LogP contribution in [-0.4, -0.2) is 15.0 Å². The van der Waals surface area contributed by atoms with Crippen molar-refractivity contribution in [2.24, 2.45) is 0 Å². The van der Waals surface area contributed by atoms with Gasteiger partial charge in [-0.25, -0.2) is 9.97 Å². The number of rotatable bonds is 2. The quantitative estimate of drug-likeness (QED) is 0.696. The van der Waals surface area contributed by atoms with Gasteiger partial charge in [0.05, 0.1) is 17.1 Å². The third-order valence-electron chi connectivity index (χ3n) is 2.69. The van der Waals surface area contributed by atoms with Gasteiger partial charge in [0, 0.05) is 18.5 Å². The molecule has 0 spiro atoms. The van der Waals surface area contributed by atoms with Gasteiger partial charge in [-0.05, 0) is 42.8 Å². The van der Waals surface area contributed by atoms with Crippen molar-refractivity contribution >= 4 is 0 Å². The second kappa shape index (κ2) is 4.87. The van der Waals surface area contributed by atoms with E-state index in [9.17, 15) is 0 Å². The monoisotopic (exact) mass is 245 g/mol. The normalized spacial score (nSPS) is 9.95. The van der Waals surface area contributed by atoms with Gasteiger partial charge in [0.25, 0.3) is 0 Å². The van der Waals surface area contributed by atoms with Gasteiger partial charge in [-0.3, -0.25) is 4.98 Å². The Labute approximate surface area is 112 Å². The molecule has 0 radical (unpaired) electrons. The van der Waals surface area contributed by atoms with Gasteiger partial charge in [-0.2, -0.15) is 0 Å². The highest BCUT2D eigenvalue weighted by Crippen LogP contribution is 2.20. The van der Waals surface area contributed by atoms with Crippen LogP contribution in [0.25, 0.3) is 22.8 Å². The zero-order valence-electron chi connectivity index (χ0n) is 10.5. The lowest BCUT2D eigenvalue weighted by molar-refractivity contribution is 1.20. The third kappa shape index (κ3) is 2.43. The standard InChI is InChI=1S/C16H11N3/c1-12-10-15(13-6-2-4-8-17-13)19-16(11-12)14-7-3-5-9-18-14/h2,4-6,8-11H,1H3. The molecule has 3 aromatic heterocycles. The Hall–Kier alpha value is -2.73. The molecule has 0 N–H and O–H groups in total. The molecule has 19 heavy (non-hydrogen) atoms. The van der Waals surface area contributed by atoms with Gasteiger partial charge < -0.3 is 0 Å². The van der Waals surface area contributed by atoms with Crippen molar-refractivity contribution in [3.05, 3.63) is 66.5 Å². The van der Waals surface area contributed by atoms with Crippen LogP contribution in [0.5, 0.6) is 0 Å². The molecule has 0 atom stereocenters. The van der Waals surface area contributed by atoms with Crippen molar-refractivity contribution in [2.45, 2.75) is 6.92 Å². The first-order chi connectivity index (χ1) is 9.33. The molecule has 0 saturated heterocycles. The molecule has 3 heterocycles. The topological polar surface area (TPSA) is 38.7 Å². The Morgan fingerprint density at radius 2 is 1.84 bits per heavy atom. The molecule has 0 fully saturated rings. The second-order valence-corrected chi connectivity index (χ2v) is 4.19. The van der Waals surface area contributed by atoms with Crippen LogP contribution in [-0.2, 0) is 0 Å². The van der Waals surface area contributed by atoms with E-state index in [1.807, 2.05) is 37.3 Å². The van der Waals surface area contributed by atoms with E-state index in [0.717, 1.165) is 22.6 Å². The number of aryl methyl sites for hydroxylation is 1. The van der Waals surface area contributed by atoms with Crippen LogP contribution in [0.3, 0.4) is 0 Å². The average Bonchev–Trinajstić information content (AvgIpc) is 2.48. The molecule has 90 valence electrons. The molecular weight excluding hydrogens is 234 g/mol. The van der Waals surface area contributed by atoms with Crippen LogP contribution >= 0.6 is 0 Å². The molecule has 0 aliphatic heterocycles. The largest absolute Gasteiger partial charge is 0.255 e. The number of hydrogen-bond acceptors (Lipinski definition) is 3. The molecule has 3 nitrogen and oxygen atoms in total. The Balaban J connectivity index is 2.12. The van der Waals surface area contributed by atoms with E-state index in [-0.39, 0.29) is 0 Å². The maximum Gasteiger partial charge on any atom is 0.139 e. The summed E-state index contributed by atoms with van der Waals surface area (Å²) < 4.78 is 0. The fourth-order valence-electron chi connectivity index (χ4n) is 1.86. The SMILES string of the molecule is Cc1cc(-c2c#cccn2)nc(-c2ccccn2)c1. The molecule has 0 aliphatic rings. The minimum absolute atomic E-state index is 0.698. The second-order valence-electron chi connectivity index (χ2n) is 4.19. The minimum Gasteiger partial charge on any atom is -0.255 e. The molecule has 0 aliphatic carbocycles. The maximum absolute atomic E-state index is 4.60. The lowest BCUT2D eigenvalue weighted by Crippen LogP contribution is -1.92. The summed E-state index contributed by atoms with van der Waals surface area (Å²) in [6.07, 6.45) is 3.45. The minimum atomic E-state index is 0.698. The molecule has 3 heteroatoms. The Kier molecular flexibility index (Phi) is 2.91. The van der Waals surface area contributed by atoms with E-state index in [4.69, 9.17) is 0 Å². The lowest BCUT2D eigenvalue weighted by Gasteiger charge is -2.04. The first kappa shape index (κ1) is 11.4. The molecule has 0 unspecified atom stereocenters. The smallest absolute Gasteiger partial charge is 0.139 e. The van der Waals surface area contributed by atoms with Gasteiger partial charge in [-0.15, -0.1) is 0 Å². The summed E-state index contributed by atoms with van der Waals surface area (Å²) in [5, 5.41) is 0. The van der Waals surface area contributed by atoms with Crippen molar-refractivity contribution in [2.75, 3.05) is 0 Å². The van der Waals surface area contributed by atoms with E-state index in [2.05, 4.69) is 27.1 Å². The summed E-state index contributed by atoms with van der Waals surface area (Å²) >= 11 is 0. The molecule has 0 saturated carbocycles. The van der Waals surface area contributed by atoms with Gasteiger partial charge in [0.1, 0.15) is 5.69 Å². The van der Waals surface area contributed by atoms with Crippen molar-refractivity contribution in [3.63, 3.8) is 0 Å². The van der Waals surface area contributed by atoms with Crippen LogP contribution in [0, 0.1) is 19.1 Å². The van der Waals surface area contributed by atoms with Gasteiger partial charge >= 0.3 is 0 Å². The molecule has 0 aromatic carbocycles. The number of nitrogens with zero attached hydrogens (tertiary/aromatic N) is 3. The number of aromatic nitrogens is 3. The van der Waals surface area contributed by atoms with Gasteiger partial charge in [0.15, 0.2) is 0 Å². The fourth-order valence-corrected chi connectivity index (χ4v) is 1.86. The van der Waals surface area contributed by atoms with E-state index in [0.29, 0.717) is 5.69 Å². The van der Waals surface area contributed by atoms with E-state index < -0.39 is 0 Å². The Bertz CT molecular complexity index is 621. The molecule has 0 bridgehead atoms. The highest BCUT2D eigenvalue weighted by molar-refractivity contribution is 5.62. The Morgan fingerprint density at radius 3 is 2.58 bits per heavy atom. The summed E-state index contributed by atoms with van der Waals surface area (Å²) in [5.41, 5.74) is 4.30. The summed E-state index contributed by atoms with van der Waals surface area (Å²) in [7, 11) is 0. The molecule has 3 rings (SSSR count). The fraction of sp³-hybridized carbons (Fsp3) is 0.0625.